The highest BCUT2D eigenvalue weighted by atomic mass is 35.5. The minimum atomic E-state index is -3.15. The molecular formula is C27H24ClF2N3O2. The second-order valence-electron chi connectivity index (χ2n) is 7.83. The maximum absolute atomic E-state index is 14.0. The lowest BCUT2D eigenvalue weighted by Crippen LogP contribution is -2.23. The Kier molecular flexibility index (Phi) is 8.14. The molecule has 35 heavy (non-hydrogen) atoms. The Balaban J connectivity index is 1.88. The Morgan fingerprint density at radius 2 is 1.46 bits per heavy atom. The third kappa shape index (κ3) is 6.83. The number of ketones is 1. The Labute approximate surface area is 207 Å². The van der Waals surface area contributed by atoms with Crippen molar-refractivity contribution in [1.29, 1.82) is 0 Å². The number of hydrogen-bond acceptors (Lipinski definition) is 4. The fourth-order valence-electron chi connectivity index (χ4n) is 3.22. The first kappa shape index (κ1) is 25.8. The van der Waals surface area contributed by atoms with Crippen LogP contribution in [0.3, 0.4) is 0 Å². The summed E-state index contributed by atoms with van der Waals surface area (Å²) in [6.45, 7) is 2.24. The van der Waals surface area contributed by atoms with Crippen LogP contribution in [0.15, 0.2) is 83.9 Å². The highest BCUT2D eigenvalue weighted by molar-refractivity contribution is 6.33. The van der Waals surface area contributed by atoms with E-state index in [9.17, 15) is 18.4 Å². The van der Waals surface area contributed by atoms with Gasteiger partial charge in [-0.15, -0.1) is 0 Å². The average molecular weight is 496 g/mol. The number of halogens is 3. The van der Waals surface area contributed by atoms with Crippen molar-refractivity contribution in [2.24, 2.45) is 4.99 Å². The number of carbonyl (C=O) groups excluding carboxylic acids is 2. The van der Waals surface area contributed by atoms with E-state index < -0.39 is 11.6 Å². The van der Waals surface area contributed by atoms with Crippen LogP contribution in [0.1, 0.15) is 40.1 Å². The third-order valence-electron chi connectivity index (χ3n) is 5.12. The number of rotatable bonds is 8. The first-order chi connectivity index (χ1) is 16.6. The van der Waals surface area contributed by atoms with Crippen LogP contribution in [-0.2, 0) is 0 Å². The number of carbonyl (C=O) groups is 2. The largest absolute Gasteiger partial charge is 0.354 e. The number of aliphatic imine (C=N–C) groups is 1. The number of para-hydroxylation sites is 1. The Morgan fingerprint density at radius 1 is 0.886 bits per heavy atom. The molecule has 0 heterocycles. The molecule has 1 amide bonds. The molecule has 5 nitrogen and oxygen atoms in total. The zero-order valence-corrected chi connectivity index (χ0v) is 20.2. The number of anilines is 2. The summed E-state index contributed by atoms with van der Waals surface area (Å²) in [5.74, 6) is -3.57. The van der Waals surface area contributed by atoms with Crippen LogP contribution in [-0.4, -0.2) is 30.4 Å². The molecule has 3 rings (SSSR count). The highest BCUT2D eigenvalue weighted by Gasteiger charge is 2.28. The minimum Gasteiger partial charge on any atom is -0.354 e. The lowest BCUT2D eigenvalue weighted by atomic mass is 10.0. The van der Waals surface area contributed by atoms with Crippen molar-refractivity contribution >= 4 is 46.1 Å². The molecule has 8 heteroatoms. The van der Waals surface area contributed by atoms with Crippen molar-refractivity contribution in [1.82, 2.24) is 0 Å². The van der Waals surface area contributed by atoms with Gasteiger partial charge in [0.25, 0.3) is 11.8 Å². The van der Waals surface area contributed by atoms with Crippen molar-refractivity contribution < 1.29 is 18.4 Å². The number of hydrogen-bond donors (Lipinski definition) is 2. The number of benzene rings is 3. The molecule has 0 fully saturated rings. The topological polar surface area (TPSA) is 70.6 Å². The van der Waals surface area contributed by atoms with Crippen LogP contribution in [0, 0.1) is 0 Å². The number of nitrogens with one attached hydrogen (secondary N) is 2. The van der Waals surface area contributed by atoms with Crippen molar-refractivity contribution in [2.45, 2.75) is 19.8 Å². The van der Waals surface area contributed by atoms with Crippen molar-refractivity contribution in [3.8, 4) is 0 Å². The van der Waals surface area contributed by atoms with Crippen LogP contribution < -0.4 is 10.6 Å². The van der Waals surface area contributed by atoms with Gasteiger partial charge in [0.1, 0.15) is 5.71 Å². The number of Topliss-reactive ketones (excluding diaryl/α,β-unsaturated/α-hetero) is 1. The summed E-state index contributed by atoms with van der Waals surface area (Å²) < 4.78 is 28.1. The van der Waals surface area contributed by atoms with Crippen molar-refractivity contribution in [3.05, 3.63) is 101 Å². The van der Waals surface area contributed by atoms with E-state index in [1.807, 2.05) is 0 Å². The van der Waals surface area contributed by atoms with Crippen LogP contribution in [0.25, 0.3) is 5.70 Å². The van der Waals surface area contributed by atoms with E-state index in [4.69, 9.17) is 11.6 Å². The van der Waals surface area contributed by atoms with E-state index in [0.29, 0.717) is 38.8 Å². The quantitative estimate of drug-likeness (QED) is 0.262. The summed E-state index contributed by atoms with van der Waals surface area (Å²) in [5.41, 5.74) is 2.47. The van der Waals surface area contributed by atoms with E-state index in [1.54, 1.807) is 72.8 Å². The molecule has 0 aliphatic heterocycles. The molecule has 3 aromatic rings. The van der Waals surface area contributed by atoms with Gasteiger partial charge in [0.2, 0.25) is 0 Å². The number of amides is 1. The standard InChI is InChI=1S/C27H24ClF2N3O2/c1-17(34)18-12-14-21(15-13-18)32-26(35)20-10-8-19(9-11-20)24(16-25(31-3)27(2,29)30)33-23-7-5-4-6-22(23)28/h4-16,33H,1-3H3,(H,32,35)/b24-16-,31-25+. The first-order valence-corrected chi connectivity index (χ1v) is 11.1. The van der Waals surface area contributed by atoms with E-state index in [0.717, 1.165) is 6.92 Å². The molecule has 0 unspecified atom stereocenters. The molecule has 0 aliphatic carbocycles. The molecule has 2 N–H and O–H groups in total. The summed E-state index contributed by atoms with van der Waals surface area (Å²) in [5, 5.41) is 6.28. The van der Waals surface area contributed by atoms with Gasteiger partial charge in [0.05, 0.1) is 10.7 Å². The first-order valence-electron chi connectivity index (χ1n) is 10.7. The number of alkyl halides is 2. The smallest absolute Gasteiger partial charge is 0.286 e. The van der Waals surface area contributed by atoms with Gasteiger partial charge in [0, 0.05) is 36.5 Å². The lowest BCUT2D eigenvalue weighted by molar-refractivity contribution is 0.101. The third-order valence-corrected chi connectivity index (χ3v) is 5.45. The summed E-state index contributed by atoms with van der Waals surface area (Å²) in [6.07, 6.45) is 1.26. The fraction of sp³-hybridized carbons (Fsp3) is 0.148. The van der Waals surface area contributed by atoms with E-state index in [1.165, 1.54) is 20.0 Å². The summed E-state index contributed by atoms with van der Waals surface area (Å²) in [4.78, 5) is 27.8. The molecule has 0 aliphatic rings. The predicted molar refractivity (Wildman–Crippen MR) is 138 cm³/mol. The van der Waals surface area contributed by atoms with E-state index in [2.05, 4.69) is 15.6 Å². The van der Waals surface area contributed by atoms with Gasteiger partial charge in [-0.3, -0.25) is 14.6 Å². The van der Waals surface area contributed by atoms with Gasteiger partial charge >= 0.3 is 0 Å². The van der Waals surface area contributed by atoms with Crippen molar-refractivity contribution in [2.75, 3.05) is 17.7 Å². The maximum atomic E-state index is 14.0. The van der Waals surface area contributed by atoms with E-state index in [-0.39, 0.29) is 11.7 Å². The van der Waals surface area contributed by atoms with Gasteiger partial charge in [-0.2, -0.15) is 8.78 Å². The molecule has 180 valence electrons. The van der Waals surface area contributed by atoms with Crippen LogP contribution >= 0.6 is 11.6 Å². The summed E-state index contributed by atoms with van der Waals surface area (Å²) in [6, 6.07) is 20.0. The summed E-state index contributed by atoms with van der Waals surface area (Å²) in [7, 11) is 1.30. The van der Waals surface area contributed by atoms with Gasteiger partial charge < -0.3 is 10.6 Å². The molecule has 0 radical (unpaired) electrons. The number of nitrogens with zero attached hydrogens (tertiary/aromatic N) is 1. The zero-order valence-electron chi connectivity index (χ0n) is 19.4. The second kappa shape index (κ2) is 11.1. The minimum absolute atomic E-state index is 0.0650. The van der Waals surface area contributed by atoms with Crippen LogP contribution in [0.2, 0.25) is 5.02 Å². The molecule has 0 aromatic heterocycles. The lowest BCUT2D eigenvalue weighted by Gasteiger charge is -2.16. The molecule has 0 bridgehead atoms. The maximum Gasteiger partial charge on any atom is 0.286 e. The van der Waals surface area contributed by atoms with Gasteiger partial charge in [0.15, 0.2) is 5.78 Å². The van der Waals surface area contributed by atoms with Crippen LogP contribution in [0.5, 0.6) is 0 Å². The van der Waals surface area contributed by atoms with Crippen molar-refractivity contribution in [3.63, 3.8) is 0 Å². The van der Waals surface area contributed by atoms with Crippen LogP contribution in [0.4, 0.5) is 20.2 Å². The highest BCUT2D eigenvalue weighted by Crippen LogP contribution is 2.27. The molecule has 0 saturated heterocycles. The SMILES string of the molecule is C/N=C(\C=C(/Nc1ccccc1Cl)c1ccc(C(=O)Nc2ccc(C(C)=O)cc2)cc1)C(C)(F)F. The molecule has 0 spiro atoms. The predicted octanol–water partition coefficient (Wildman–Crippen LogP) is 6.97. The molecule has 0 atom stereocenters. The zero-order chi connectivity index (χ0) is 25.6. The monoisotopic (exact) mass is 495 g/mol. The fourth-order valence-corrected chi connectivity index (χ4v) is 3.40. The second-order valence-corrected chi connectivity index (χ2v) is 8.23. The normalized spacial score (nSPS) is 12.3. The molecule has 0 saturated carbocycles. The molecular weight excluding hydrogens is 472 g/mol. The van der Waals surface area contributed by atoms with Gasteiger partial charge in [-0.1, -0.05) is 35.9 Å². The average Bonchev–Trinajstić information content (AvgIpc) is 2.82. The summed E-state index contributed by atoms with van der Waals surface area (Å²) >= 11 is 6.25. The Hall–Kier alpha value is -3.84. The van der Waals surface area contributed by atoms with E-state index >= 15 is 0 Å². The Bertz CT molecular complexity index is 1280. The molecule has 3 aromatic carbocycles. The Morgan fingerprint density at radius 3 is 2.00 bits per heavy atom. The van der Waals surface area contributed by atoms with Gasteiger partial charge in [-0.25, -0.2) is 0 Å². The van der Waals surface area contributed by atoms with Gasteiger partial charge in [-0.05, 0) is 67.1 Å². The number of allylic oxidation sites excluding steroid dienone is 1.